The molecule has 1 saturated heterocycles. The van der Waals surface area contributed by atoms with Crippen LogP contribution in [0.5, 0.6) is 0 Å². The maximum absolute atomic E-state index is 12.4. The molecule has 0 aromatic carbocycles. The molecule has 1 aromatic rings. The first-order chi connectivity index (χ1) is 11.6. The van der Waals surface area contributed by atoms with Gasteiger partial charge in [-0.3, -0.25) is 9.59 Å². The lowest BCUT2D eigenvalue weighted by atomic mass is 10.0. The molecule has 0 unspecified atom stereocenters. The van der Waals surface area contributed by atoms with Crippen LogP contribution in [0.3, 0.4) is 0 Å². The summed E-state index contributed by atoms with van der Waals surface area (Å²) in [6, 6.07) is -0.0852. The highest BCUT2D eigenvalue weighted by molar-refractivity contribution is 7.11. The van der Waals surface area contributed by atoms with E-state index in [1.807, 2.05) is 6.92 Å². The number of carbonyl (C=O) groups excluding carboxylic acids is 2. The van der Waals surface area contributed by atoms with Crippen molar-refractivity contribution in [1.29, 1.82) is 0 Å². The first-order valence-corrected chi connectivity index (χ1v) is 10.0. The second-order valence-electron chi connectivity index (χ2n) is 6.90. The molecule has 1 fully saturated rings. The Labute approximate surface area is 147 Å². The Hall–Kier alpha value is -1.43. The van der Waals surface area contributed by atoms with Crippen LogP contribution in [-0.2, 0) is 22.4 Å². The van der Waals surface area contributed by atoms with Gasteiger partial charge in [-0.1, -0.05) is 12.8 Å². The van der Waals surface area contributed by atoms with Crippen molar-refractivity contribution in [2.45, 2.75) is 70.8 Å². The van der Waals surface area contributed by atoms with E-state index in [1.165, 1.54) is 23.4 Å². The van der Waals surface area contributed by atoms with Gasteiger partial charge in [0.15, 0.2) is 0 Å². The predicted molar refractivity (Wildman–Crippen MR) is 95.0 cm³/mol. The van der Waals surface area contributed by atoms with Crippen molar-refractivity contribution < 1.29 is 9.59 Å². The number of thiazole rings is 1. The Morgan fingerprint density at radius 2 is 1.92 bits per heavy atom. The number of nitrogens with one attached hydrogen (secondary N) is 1. The van der Waals surface area contributed by atoms with E-state index in [2.05, 4.69) is 5.32 Å². The summed E-state index contributed by atoms with van der Waals surface area (Å²) >= 11 is 1.73. The van der Waals surface area contributed by atoms with Gasteiger partial charge < -0.3 is 10.2 Å². The molecule has 0 bridgehead atoms. The summed E-state index contributed by atoms with van der Waals surface area (Å²) in [5.41, 5.74) is 1.22. The van der Waals surface area contributed by atoms with Crippen LogP contribution in [0.4, 0.5) is 0 Å². The number of rotatable bonds is 4. The Morgan fingerprint density at radius 3 is 2.75 bits per heavy atom. The highest BCUT2D eigenvalue weighted by atomic mass is 32.1. The van der Waals surface area contributed by atoms with Gasteiger partial charge >= 0.3 is 0 Å². The zero-order valence-electron chi connectivity index (χ0n) is 14.5. The van der Waals surface area contributed by atoms with Gasteiger partial charge in [-0.05, 0) is 45.4 Å². The Kier molecular flexibility index (Phi) is 5.87. The first kappa shape index (κ1) is 17.4. The molecule has 1 aromatic heterocycles. The molecule has 2 amide bonds. The van der Waals surface area contributed by atoms with Gasteiger partial charge in [-0.25, -0.2) is 4.98 Å². The fourth-order valence-electron chi connectivity index (χ4n) is 3.46. The number of carbonyl (C=O) groups is 2. The minimum absolute atomic E-state index is 0.0791. The van der Waals surface area contributed by atoms with Gasteiger partial charge in [-0.2, -0.15) is 0 Å². The molecule has 5 nitrogen and oxygen atoms in total. The third kappa shape index (κ3) is 4.35. The average molecular weight is 350 g/mol. The maximum atomic E-state index is 12.4. The third-order valence-corrected chi connectivity index (χ3v) is 6.21. The van der Waals surface area contributed by atoms with E-state index in [-0.39, 0.29) is 24.4 Å². The van der Waals surface area contributed by atoms with Crippen LogP contribution >= 0.6 is 11.3 Å². The van der Waals surface area contributed by atoms with Gasteiger partial charge in [0, 0.05) is 17.8 Å². The van der Waals surface area contributed by atoms with Crippen LogP contribution < -0.4 is 5.32 Å². The molecule has 2 aliphatic rings. The highest BCUT2D eigenvalue weighted by Crippen LogP contribution is 2.29. The van der Waals surface area contributed by atoms with Gasteiger partial charge in [0.2, 0.25) is 11.8 Å². The number of amides is 2. The lowest BCUT2D eigenvalue weighted by Crippen LogP contribution is -2.42. The summed E-state index contributed by atoms with van der Waals surface area (Å²) in [7, 11) is 0. The molecule has 2 heterocycles. The maximum Gasteiger partial charge on any atom is 0.240 e. The molecule has 0 radical (unpaired) electrons. The number of fused-ring (bicyclic) bond motifs is 1. The lowest BCUT2D eigenvalue weighted by Gasteiger charge is -2.24. The van der Waals surface area contributed by atoms with Crippen molar-refractivity contribution in [1.82, 2.24) is 15.2 Å². The summed E-state index contributed by atoms with van der Waals surface area (Å²) in [6.45, 7) is 2.86. The second-order valence-corrected chi connectivity index (χ2v) is 8.01. The van der Waals surface area contributed by atoms with E-state index >= 15 is 0 Å². The van der Waals surface area contributed by atoms with Crippen LogP contribution in [0.2, 0.25) is 0 Å². The zero-order valence-corrected chi connectivity index (χ0v) is 15.3. The molecule has 0 spiro atoms. The fourth-order valence-corrected chi connectivity index (χ4v) is 4.62. The summed E-state index contributed by atoms with van der Waals surface area (Å²) < 4.78 is 0. The Balaban J connectivity index is 1.55. The number of likely N-dealkylation sites (tertiary alicyclic amines) is 1. The summed E-state index contributed by atoms with van der Waals surface area (Å²) in [6.07, 6.45) is 9.42. The van der Waals surface area contributed by atoms with Crippen molar-refractivity contribution in [2.75, 3.05) is 13.1 Å². The van der Waals surface area contributed by atoms with Crippen molar-refractivity contribution >= 4 is 23.2 Å². The molecule has 24 heavy (non-hydrogen) atoms. The van der Waals surface area contributed by atoms with Gasteiger partial charge in [0.05, 0.1) is 18.3 Å². The van der Waals surface area contributed by atoms with Crippen molar-refractivity contribution in [3.8, 4) is 0 Å². The van der Waals surface area contributed by atoms with E-state index in [0.717, 1.165) is 43.5 Å². The van der Waals surface area contributed by atoms with E-state index < -0.39 is 0 Å². The van der Waals surface area contributed by atoms with Crippen molar-refractivity contribution in [3.05, 3.63) is 15.6 Å². The molecule has 0 saturated carbocycles. The quantitative estimate of drug-likeness (QED) is 0.909. The van der Waals surface area contributed by atoms with E-state index in [0.29, 0.717) is 13.0 Å². The smallest absolute Gasteiger partial charge is 0.240 e. The van der Waals surface area contributed by atoms with Crippen LogP contribution in [0, 0.1) is 0 Å². The molecular formula is C18H27N3O2S. The van der Waals surface area contributed by atoms with Crippen LogP contribution in [0.1, 0.15) is 73.5 Å². The normalized spacial score (nSPS) is 20.0. The molecule has 1 aliphatic carbocycles. The minimum Gasteiger partial charge on any atom is -0.346 e. The molecule has 1 atom stereocenters. The van der Waals surface area contributed by atoms with Crippen LogP contribution in [0.15, 0.2) is 0 Å². The molecule has 6 heteroatoms. The van der Waals surface area contributed by atoms with Gasteiger partial charge in [-0.15, -0.1) is 11.3 Å². The van der Waals surface area contributed by atoms with Crippen molar-refractivity contribution in [2.24, 2.45) is 0 Å². The second kappa shape index (κ2) is 8.10. The SMILES string of the molecule is C[C@@H](NC(=O)CN1CCCCCCC1=O)c1nc2c(s1)CCCC2. The average Bonchev–Trinajstić information content (AvgIpc) is 2.99. The van der Waals surface area contributed by atoms with Crippen molar-refractivity contribution in [3.63, 3.8) is 0 Å². The monoisotopic (exact) mass is 349 g/mol. The minimum atomic E-state index is -0.0852. The largest absolute Gasteiger partial charge is 0.346 e. The summed E-state index contributed by atoms with van der Waals surface area (Å²) in [5, 5.41) is 4.02. The highest BCUT2D eigenvalue weighted by Gasteiger charge is 2.22. The van der Waals surface area contributed by atoms with Gasteiger partial charge in [0.1, 0.15) is 5.01 Å². The molecule has 132 valence electrons. The Morgan fingerprint density at radius 1 is 1.17 bits per heavy atom. The first-order valence-electron chi connectivity index (χ1n) is 9.19. The van der Waals surface area contributed by atoms with E-state index in [4.69, 9.17) is 4.98 Å². The number of hydrogen-bond acceptors (Lipinski definition) is 4. The van der Waals surface area contributed by atoms with Gasteiger partial charge in [0.25, 0.3) is 0 Å². The fraction of sp³-hybridized carbons (Fsp3) is 0.722. The molecular weight excluding hydrogens is 322 g/mol. The molecule has 1 N–H and O–H groups in total. The van der Waals surface area contributed by atoms with E-state index in [1.54, 1.807) is 16.2 Å². The number of aryl methyl sites for hydroxylation is 2. The lowest BCUT2D eigenvalue weighted by molar-refractivity contribution is -0.136. The number of nitrogens with zero attached hydrogens (tertiary/aromatic N) is 2. The Bertz CT molecular complexity index is 576. The number of aromatic nitrogens is 1. The molecule has 1 aliphatic heterocycles. The summed E-state index contributed by atoms with van der Waals surface area (Å²) in [4.78, 5) is 32.3. The topological polar surface area (TPSA) is 62.3 Å². The zero-order chi connectivity index (χ0) is 16.9. The predicted octanol–water partition coefficient (Wildman–Crippen LogP) is 2.99. The number of hydrogen-bond donors (Lipinski definition) is 1. The van der Waals surface area contributed by atoms with Crippen LogP contribution in [0.25, 0.3) is 0 Å². The summed E-state index contributed by atoms with van der Waals surface area (Å²) in [5.74, 6) is 0.0341. The molecule has 3 rings (SSSR count). The van der Waals surface area contributed by atoms with Crippen LogP contribution in [-0.4, -0.2) is 34.8 Å². The third-order valence-electron chi connectivity index (χ3n) is 4.87. The standard InChI is InChI=1S/C18H27N3O2S/c1-13(18-20-14-8-5-6-9-15(14)24-18)19-16(22)12-21-11-7-3-2-4-10-17(21)23/h13H,2-12H2,1H3,(H,19,22)/t13-/m1/s1. The van der Waals surface area contributed by atoms with E-state index in [9.17, 15) is 9.59 Å².